The molecular weight excluding hydrogens is 252 g/mol. The molecule has 0 spiro atoms. The predicted molar refractivity (Wildman–Crippen MR) is 81.0 cm³/mol. The lowest BCUT2D eigenvalue weighted by atomic mass is 9.92. The van der Waals surface area contributed by atoms with Crippen LogP contribution in [-0.4, -0.2) is 45.3 Å². The second-order valence-corrected chi connectivity index (χ2v) is 5.88. The number of benzene rings is 1. The maximum atomic E-state index is 5.44. The zero-order chi connectivity index (χ0) is 14.1. The first-order valence-electron chi connectivity index (χ1n) is 7.43. The van der Waals surface area contributed by atoms with Gasteiger partial charge in [-0.25, -0.2) is 0 Å². The summed E-state index contributed by atoms with van der Waals surface area (Å²) in [6.45, 7) is 2.26. The summed E-state index contributed by atoms with van der Waals surface area (Å²) in [5, 5.41) is 3.51. The molecule has 20 heavy (non-hydrogen) atoms. The molecule has 0 aliphatic carbocycles. The third-order valence-electron chi connectivity index (χ3n) is 4.76. The smallest absolute Gasteiger partial charge is 0.162 e. The zero-order valence-corrected chi connectivity index (χ0v) is 12.6. The Morgan fingerprint density at radius 1 is 1.25 bits per heavy atom. The van der Waals surface area contributed by atoms with Crippen molar-refractivity contribution in [3.8, 4) is 11.5 Å². The van der Waals surface area contributed by atoms with Gasteiger partial charge in [0.1, 0.15) is 0 Å². The molecule has 2 aliphatic rings. The van der Waals surface area contributed by atoms with Crippen molar-refractivity contribution in [3.05, 3.63) is 17.7 Å². The molecule has 1 saturated heterocycles. The van der Waals surface area contributed by atoms with Crippen LogP contribution in [0.4, 0.5) is 5.69 Å². The summed E-state index contributed by atoms with van der Waals surface area (Å²) in [7, 11) is 5.63. The molecule has 2 heterocycles. The largest absolute Gasteiger partial charge is 0.493 e. The van der Waals surface area contributed by atoms with E-state index in [1.165, 1.54) is 37.1 Å². The van der Waals surface area contributed by atoms with Crippen LogP contribution in [0.2, 0.25) is 0 Å². The number of methoxy groups -OCH3 is 2. The van der Waals surface area contributed by atoms with E-state index >= 15 is 0 Å². The molecule has 1 aromatic rings. The molecule has 1 unspecified atom stereocenters. The number of hydrogen-bond donors (Lipinski definition) is 1. The summed E-state index contributed by atoms with van der Waals surface area (Å²) in [6, 6.07) is 4.93. The van der Waals surface area contributed by atoms with Crippen LogP contribution in [-0.2, 0) is 0 Å². The van der Waals surface area contributed by atoms with Crippen molar-refractivity contribution in [2.75, 3.05) is 39.7 Å². The molecule has 3 rings (SSSR count). The van der Waals surface area contributed by atoms with Gasteiger partial charge in [0.15, 0.2) is 11.5 Å². The molecule has 2 aliphatic heterocycles. The van der Waals surface area contributed by atoms with Gasteiger partial charge in [-0.15, -0.1) is 0 Å². The number of fused-ring (bicyclic) bond motifs is 1. The van der Waals surface area contributed by atoms with Crippen LogP contribution in [0.25, 0.3) is 0 Å². The first-order valence-corrected chi connectivity index (χ1v) is 7.43. The van der Waals surface area contributed by atoms with E-state index in [1.54, 1.807) is 14.2 Å². The Labute approximate surface area is 121 Å². The van der Waals surface area contributed by atoms with Crippen molar-refractivity contribution in [1.82, 2.24) is 4.90 Å². The van der Waals surface area contributed by atoms with Crippen molar-refractivity contribution in [2.24, 2.45) is 0 Å². The van der Waals surface area contributed by atoms with E-state index in [0.717, 1.165) is 24.1 Å². The van der Waals surface area contributed by atoms with Crippen LogP contribution in [0.3, 0.4) is 0 Å². The van der Waals surface area contributed by atoms with Gasteiger partial charge in [-0.1, -0.05) is 0 Å². The lowest BCUT2D eigenvalue weighted by Crippen LogP contribution is -2.27. The fraction of sp³-hybridized carbons (Fsp3) is 0.625. The van der Waals surface area contributed by atoms with E-state index in [4.69, 9.17) is 9.47 Å². The minimum absolute atomic E-state index is 0.579. The molecule has 2 atom stereocenters. The van der Waals surface area contributed by atoms with Crippen LogP contribution in [0.5, 0.6) is 11.5 Å². The minimum atomic E-state index is 0.579. The predicted octanol–water partition coefficient (Wildman–Crippen LogP) is 2.70. The van der Waals surface area contributed by atoms with Gasteiger partial charge < -0.3 is 19.7 Å². The van der Waals surface area contributed by atoms with E-state index in [-0.39, 0.29) is 0 Å². The minimum Gasteiger partial charge on any atom is -0.493 e. The van der Waals surface area contributed by atoms with Crippen LogP contribution in [0, 0.1) is 0 Å². The lowest BCUT2D eigenvalue weighted by molar-refractivity contribution is 0.285. The highest BCUT2D eigenvalue weighted by Crippen LogP contribution is 2.42. The third-order valence-corrected chi connectivity index (χ3v) is 4.76. The monoisotopic (exact) mass is 276 g/mol. The van der Waals surface area contributed by atoms with Crippen LogP contribution in [0.1, 0.15) is 30.7 Å². The summed E-state index contributed by atoms with van der Waals surface area (Å²) in [5.74, 6) is 2.22. The molecule has 110 valence electrons. The summed E-state index contributed by atoms with van der Waals surface area (Å²) >= 11 is 0. The van der Waals surface area contributed by atoms with Crippen molar-refractivity contribution < 1.29 is 9.47 Å². The number of anilines is 1. The molecule has 0 bridgehead atoms. The van der Waals surface area contributed by atoms with Gasteiger partial charge in [0, 0.05) is 30.3 Å². The molecule has 0 saturated carbocycles. The summed E-state index contributed by atoms with van der Waals surface area (Å²) in [4.78, 5) is 2.50. The molecule has 1 fully saturated rings. The second kappa shape index (κ2) is 5.52. The highest BCUT2D eigenvalue weighted by Gasteiger charge is 2.30. The Hall–Kier alpha value is -1.42. The molecule has 0 aromatic heterocycles. The van der Waals surface area contributed by atoms with Crippen molar-refractivity contribution in [1.29, 1.82) is 0 Å². The van der Waals surface area contributed by atoms with Gasteiger partial charge in [-0.05, 0) is 44.5 Å². The molecule has 1 aromatic carbocycles. The highest BCUT2D eigenvalue weighted by atomic mass is 16.5. The number of hydrogen-bond acceptors (Lipinski definition) is 4. The van der Waals surface area contributed by atoms with Crippen LogP contribution in [0.15, 0.2) is 12.1 Å². The molecular formula is C16H24N2O2. The van der Waals surface area contributed by atoms with Gasteiger partial charge in [-0.3, -0.25) is 0 Å². The maximum Gasteiger partial charge on any atom is 0.162 e. The number of nitrogens with one attached hydrogen (secondary N) is 1. The molecule has 1 N–H and O–H groups in total. The fourth-order valence-electron chi connectivity index (χ4n) is 3.54. The highest BCUT2D eigenvalue weighted by molar-refractivity contribution is 5.65. The fourth-order valence-corrected chi connectivity index (χ4v) is 3.54. The summed E-state index contributed by atoms with van der Waals surface area (Å²) in [5.41, 5.74) is 2.58. The SMILES string of the molecule is COc1cc2c(cc1OC)C(C[C@H]1CCCN1C)CN2. The average Bonchev–Trinajstić information content (AvgIpc) is 3.05. The lowest BCUT2D eigenvalue weighted by Gasteiger charge is -2.23. The first kappa shape index (κ1) is 13.6. The van der Waals surface area contributed by atoms with Crippen molar-refractivity contribution >= 4 is 5.69 Å². The Morgan fingerprint density at radius 3 is 2.65 bits per heavy atom. The Morgan fingerprint density at radius 2 is 2.00 bits per heavy atom. The van der Waals surface area contributed by atoms with E-state index in [2.05, 4.69) is 29.4 Å². The van der Waals surface area contributed by atoms with Gasteiger partial charge >= 0.3 is 0 Å². The van der Waals surface area contributed by atoms with E-state index < -0.39 is 0 Å². The van der Waals surface area contributed by atoms with Crippen molar-refractivity contribution in [2.45, 2.75) is 31.2 Å². The van der Waals surface area contributed by atoms with Crippen LogP contribution >= 0.6 is 0 Å². The molecule has 4 nitrogen and oxygen atoms in total. The molecule has 0 radical (unpaired) electrons. The topological polar surface area (TPSA) is 33.7 Å². The van der Waals surface area contributed by atoms with Gasteiger partial charge in [0.2, 0.25) is 0 Å². The van der Waals surface area contributed by atoms with E-state index in [9.17, 15) is 0 Å². The van der Waals surface area contributed by atoms with Gasteiger partial charge in [0.05, 0.1) is 14.2 Å². The summed E-state index contributed by atoms with van der Waals surface area (Å²) < 4.78 is 10.8. The third kappa shape index (κ3) is 2.33. The number of nitrogens with zero attached hydrogens (tertiary/aromatic N) is 1. The van der Waals surface area contributed by atoms with E-state index in [1.807, 2.05) is 0 Å². The quantitative estimate of drug-likeness (QED) is 0.917. The Bertz CT molecular complexity index is 490. The second-order valence-electron chi connectivity index (χ2n) is 5.88. The molecule has 0 amide bonds. The number of rotatable bonds is 4. The average molecular weight is 276 g/mol. The number of likely N-dealkylation sites (tertiary alicyclic amines) is 1. The van der Waals surface area contributed by atoms with E-state index in [0.29, 0.717) is 5.92 Å². The Balaban J connectivity index is 1.82. The van der Waals surface area contributed by atoms with Crippen molar-refractivity contribution in [3.63, 3.8) is 0 Å². The van der Waals surface area contributed by atoms with Gasteiger partial charge in [0.25, 0.3) is 0 Å². The zero-order valence-electron chi connectivity index (χ0n) is 12.6. The Kier molecular flexibility index (Phi) is 3.74. The normalized spacial score (nSPS) is 25.4. The molecule has 4 heteroatoms. The maximum absolute atomic E-state index is 5.44. The first-order chi connectivity index (χ1) is 9.72. The summed E-state index contributed by atoms with van der Waals surface area (Å²) in [6.07, 6.45) is 3.89. The van der Waals surface area contributed by atoms with Gasteiger partial charge in [-0.2, -0.15) is 0 Å². The van der Waals surface area contributed by atoms with Crippen LogP contribution < -0.4 is 14.8 Å². The standard InChI is InChI=1S/C16H24N2O2/c1-18-6-4-5-12(18)7-11-10-17-14-9-16(20-3)15(19-2)8-13(11)14/h8-9,11-12,17H,4-7,10H2,1-3H3/t11?,12-/m1/s1. The number of ether oxygens (including phenoxy) is 2.